The number of anilines is 1. The number of aryl methyl sites for hydroxylation is 1. The number of nitriles is 1. The summed E-state index contributed by atoms with van der Waals surface area (Å²) in [6.07, 6.45) is 1.45. The van der Waals surface area contributed by atoms with Gasteiger partial charge in [0.05, 0.1) is 33.6 Å². The maximum Gasteiger partial charge on any atom is 0.307 e. The number of carbonyl (C=O) groups excluding carboxylic acids is 2. The normalized spacial score (nSPS) is 11.2. The summed E-state index contributed by atoms with van der Waals surface area (Å²) in [5.41, 5.74) is 1.15. The zero-order chi connectivity index (χ0) is 27.6. The van der Waals surface area contributed by atoms with Crippen LogP contribution in [0, 0.1) is 18.3 Å². The van der Waals surface area contributed by atoms with Crippen molar-refractivity contribution in [2.45, 2.75) is 26.3 Å². The molecule has 0 unspecified atom stereocenters. The van der Waals surface area contributed by atoms with Crippen LogP contribution in [-0.2, 0) is 12.5 Å². The molecule has 3 aromatic heterocycles. The van der Waals surface area contributed by atoms with Crippen LogP contribution in [0.3, 0.4) is 0 Å². The zero-order valence-electron chi connectivity index (χ0n) is 20.2. The molecule has 3 heterocycles. The Labute approximate surface area is 219 Å². The zero-order valence-corrected chi connectivity index (χ0v) is 21.0. The van der Waals surface area contributed by atoms with Crippen molar-refractivity contribution in [2.24, 2.45) is 0 Å². The molecule has 0 fully saturated rings. The first-order valence-corrected chi connectivity index (χ1v) is 11.3. The molecule has 0 aliphatic carbocycles. The van der Waals surface area contributed by atoms with Crippen LogP contribution in [0.4, 0.5) is 14.5 Å². The van der Waals surface area contributed by atoms with Gasteiger partial charge in [-0.25, -0.2) is 9.67 Å². The van der Waals surface area contributed by atoms with Gasteiger partial charge in [-0.1, -0.05) is 11.6 Å². The van der Waals surface area contributed by atoms with Gasteiger partial charge in [0.2, 0.25) is 5.82 Å². The Balaban J connectivity index is 1.76. The molecule has 0 saturated heterocycles. The van der Waals surface area contributed by atoms with Gasteiger partial charge in [0, 0.05) is 20.2 Å². The minimum absolute atomic E-state index is 0.0339. The van der Waals surface area contributed by atoms with Gasteiger partial charge in [-0.15, -0.1) is 10.2 Å². The van der Waals surface area contributed by atoms with E-state index in [-0.39, 0.29) is 45.6 Å². The van der Waals surface area contributed by atoms with Crippen molar-refractivity contribution < 1.29 is 18.4 Å². The number of amides is 2. The number of nitrogens with one attached hydrogen (secondary N) is 2. The lowest BCUT2D eigenvalue weighted by molar-refractivity contribution is 0.00737. The lowest BCUT2D eigenvalue weighted by atomic mass is 10.0. The van der Waals surface area contributed by atoms with Crippen LogP contribution in [0.2, 0.25) is 5.02 Å². The maximum atomic E-state index is 13.5. The summed E-state index contributed by atoms with van der Waals surface area (Å²) < 4.78 is 28.2. The van der Waals surface area contributed by atoms with Crippen LogP contribution in [0.25, 0.3) is 5.82 Å². The molecule has 0 aliphatic heterocycles. The van der Waals surface area contributed by atoms with Crippen LogP contribution >= 0.6 is 11.6 Å². The highest BCUT2D eigenvalue weighted by molar-refractivity contribution is 6.32. The van der Waals surface area contributed by atoms with Crippen molar-refractivity contribution in [3.8, 4) is 11.9 Å². The van der Waals surface area contributed by atoms with Crippen molar-refractivity contribution >= 4 is 29.1 Å². The number of halogens is 3. The summed E-state index contributed by atoms with van der Waals surface area (Å²) in [7, 11) is 1.42. The quantitative estimate of drug-likeness (QED) is 0.362. The highest BCUT2D eigenvalue weighted by atomic mass is 35.5. The number of aromatic nitrogens is 7. The second-order valence-electron chi connectivity index (χ2n) is 8.13. The fourth-order valence-electron chi connectivity index (χ4n) is 3.50. The average molecular weight is 541 g/mol. The van der Waals surface area contributed by atoms with Gasteiger partial charge in [0.25, 0.3) is 11.8 Å². The second-order valence-corrected chi connectivity index (χ2v) is 8.54. The van der Waals surface area contributed by atoms with Crippen molar-refractivity contribution in [1.29, 1.82) is 5.26 Å². The number of pyridine rings is 1. The molecule has 15 heteroatoms. The summed E-state index contributed by atoms with van der Waals surface area (Å²) in [6.45, 7) is 2.09. The molecule has 2 N–H and O–H groups in total. The fraction of sp³-hybridized carbons (Fsp3) is 0.217. The van der Waals surface area contributed by atoms with Gasteiger partial charge in [-0.3, -0.25) is 9.59 Å². The van der Waals surface area contributed by atoms with E-state index in [0.717, 1.165) is 4.80 Å². The van der Waals surface area contributed by atoms with Crippen molar-refractivity contribution in [3.05, 3.63) is 75.5 Å². The summed E-state index contributed by atoms with van der Waals surface area (Å²) in [4.78, 5) is 31.1. The molecular weight excluding hydrogens is 522 g/mol. The van der Waals surface area contributed by atoms with Crippen LogP contribution in [-0.4, -0.2) is 53.8 Å². The number of rotatable bonds is 7. The van der Waals surface area contributed by atoms with E-state index in [1.807, 2.05) is 6.07 Å². The van der Waals surface area contributed by atoms with Crippen molar-refractivity contribution in [1.82, 2.24) is 40.3 Å². The molecule has 4 aromatic rings. The molecular formula is C23H19ClF2N10O2. The lowest BCUT2D eigenvalue weighted by Crippen LogP contribution is -2.24. The summed E-state index contributed by atoms with van der Waals surface area (Å²) >= 11 is 6.30. The molecule has 0 bridgehead atoms. The van der Waals surface area contributed by atoms with E-state index in [4.69, 9.17) is 11.6 Å². The van der Waals surface area contributed by atoms with Gasteiger partial charge < -0.3 is 10.6 Å². The minimum atomic E-state index is -3.29. The largest absolute Gasteiger partial charge is 0.355 e. The number of hydrogen-bond donors (Lipinski definition) is 2. The monoisotopic (exact) mass is 540 g/mol. The van der Waals surface area contributed by atoms with Gasteiger partial charge in [-0.05, 0) is 48.0 Å². The molecule has 0 radical (unpaired) electrons. The third-order valence-corrected chi connectivity index (χ3v) is 5.55. The third kappa shape index (κ3) is 5.32. The molecule has 4 rings (SSSR count). The number of hydrogen-bond acceptors (Lipinski definition) is 8. The molecule has 38 heavy (non-hydrogen) atoms. The van der Waals surface area contributed by atoms with Gasteiger partial charge in [0.15, 0.2) is 5.82 Å². The van der Waals surface area contributed by atoms with Gasteiger partial charge in [-0.2, -0.15) is 23.9 Å². The van der Waals surface area contributed by atoms with Crippen LogP contribution in [0.1, 0.15) is 50.4 Å². The Kier molecular flexibility index (Phi) is 7.13. The molecule has 0 atom stereocenters. The van der Waals surface area contributed by atoms with Crippen LogP contribution < -0.4 is 10.6 Å². The van der Waals surface area contributed by atoms with E-state index < -0.39 is 23.6 Å². The minimum Gasteiger partial charge on any atom is -0.355 e. The topological polar surface area (TPSA) is 156 Å². The second kappa shape index (κ2) is 10.3. The first-order chi connectivity index (χ1) is 18.0. The first kappa shape index (κ1) is 26.3. The van der Waals surface area contributed by atoms with E-state index in [1.54, 1.807) is 19.1 Å². The summed E-state index contributed by atoms with van der Waals surface area (Å²) in [6, 6.07) is 9.39. The maximum absolute atomic E-state index is 13.5. The van der Waals surface area contributed by atoms with Gasteiger partial charge in [0.1, 0.15) is 12.2 Å². The molecule has 0 spiro atoms. The Hall–Kier alpha value is -4.77. The van der Waals surface area contributed by atoms with Crippen molar-refractivity contribution in [2.75, 3.05) is 12.4 Å². The van der Waals surface area contributed by atoms with Crippen molar-refractivity contribution in [3.63, 3.8) is 0 Å². The molecule has 12 nitrogen and oxygen atoms in total. The number of nitrogens with zero attached hydrogens (tertiary/aromatic N) is 8. The molecule has 2 amide bonds. The van der Waals surface area contributed by atoms with E-state index in [9.17, 15) is 23.6 Å². The average Bonchev–Trinajstić information content (AvgIpc) is 3.52. The highest BCUT2D eigenvalue weighted by Gasteiger charge is 2.31. The predicted octanol–water partition coefficient (Wildman–Crippen LogP) is 2.86. The predicted molar refractivity (Wildman–Crippen MR) is 130 cm³/mol. The Morgan fingerprint density at radius 3 is 2.61 bits per heavy atom. The standard InChI is InChI=1S/C23H19ClF2N10O2/c1-12-7-13(10-27)8-15(20(37)28-3)18(12)30-21(38)17-9-14(11-35-33-22(31-34-35)23(2,25)26)32-36(17)19-16(24)5-4-6-29-19/h4-9H,11H2,1-3H3,(H,28,37)(H,30,38). The van der Waals surface area contributed by atoms with E-state index in [2.05, 4.69) is 36.1 Å². The number of alkyl halides is 2. The Morgan fingerprint density at radius 2 is 1.97 bits per heavy atom. The van der Waals surface area contributed by atoms with Crippen LogP contribution in [0.15, 0.2) is 36.5 Å². The summed E-state index contributed by atoms with van der Waals surface area (Å²) in [5, 5.41) is 29.7. The smallest absolute Gasteiger partial charge is 0.307 e. The highest BCUT2D eigenvalue weighted by Crippen LogP contribution is 2.26. The van der Waals surface area contributed by atoms with Gasteiger partial charge >= 0.3 is 5.92 Å². The van der Waals surface area contributed by atoms with E-state index in [1.165, 1.54) is 36.1 Å². The molecule has 0 aliphatic rings. The lowest BCUT2D eigenvalue weighted by Gasteiger charge is -2.14. The Bertz CT molecular complexity index is 1590. The molecule has 194 valence electrons. The number of carbonyl (C=O) groups is 2. The van der Waals surface area contributed by atoms with E-state index >= 15 is 0 Å². The molecule has 1 aromatic carbocycles. The third-order valence-electron chi connectivity index (χ3n) is 5.26. The number of benzene rings is 1. The SMILES string of the molecule is CNC(=O)c1cc(C#N)cc(C)c1NC(=O)c1cc(Cn2nnc(C(C)(F)F)n2)nn1-c1ncccc1Cl. The Morgan fingerprint density at radius 1 is 1.21 bits per heavy atom. The number of tetrazole rings is 1. The van der Waals surface area contributed by atoms with Crippen LogP contribution in [0.5, 0.6) is 0 Å². The van der Waals surface area contributed by atoms with E-state index in [0.29, 0.717) is 12.5 Å². The first-order valence-electron chi connectivity index (χ1n) is 11.0. The fourth-order valence-corrected chi connectivity index (χ4v) is 3.71. The summed E-state index contributed by atoms with van der Waals surface area (Å²) in [5.74, 6) is -5.12. The molecule has 0 saturated carbocycles.